The Morgan fingerprint density at radius 3 is 2.42 bits per heavy atom. The first-order valence-corrected chi connectivity index (χ1v) is 8.47. The normalized spacial score (nSPS) is 34.9. The van der Waals surface area contributed by atoms with Crippen molar-refractivity contribution in [3.8, 4) is 0 Å². The third-order valence-corrected chi connectivity index (χ3v) is 5.75. The largest absolute Gasteiger partial charge is 0.330 e. The van der Waals surface area contributed by atoms with E-state index >= 15 is 0 Å². The van der Waals surface area contributed by atoms with Crippen molar-refractivity contribution >= 4 is 0 Å². The second-order valence-corrected chi connectivity index (χ2v) is 7.76. The summed E-state index contributed by atoms with van der Waals surface area (Å²) in [7, 11) is 0. The summed E-state index contributed by atoms with van der Waals surface area (Å²) in [5.74, 6) is 2.70. The average Bonchev–Trinajstić information content (AvgIpc) is 2.39. The highest BCUT2D eigenvalue weighted by Gasteiger charge is 2.36. The monoisotopic (exact) mass is 266 g/mol. The predicted octanol–water partition coefficient (Wildman–Crippen LogP) is 3.51. The molecule has 0 bridgehead atoms. The zero-order valence-corrected chi connectivity index (χ0v) is 13.3. The number of piperidine rings is 1. The summed E-state index contributed by atoms with van der Waals surface area (Å²) in [4.78, 5) is 2.71. The fourth-order valence-electron chi connectivity index (χ4n) is 4.41. The van der Waals surface area contributed by atoms with Crippen LogP contribution in [0.3, 0.4) is 0 Å². The van der Waals surface area contributed by atoms with Crippen LogP contribution in [0.15, 0.2) is 0 Å². The van der Waals surface area contributed by atoms with Crippen molar-refractivity contribution < 1.29 is 0 Å². The van der Waals surface area contributed by atoms with E-state index in [9.17, 15) is 0 Å². The molecule has 2 unspecified atom stereocenters. The van der Waals surface area contributed by atoms with Gasteiger partial charge >= 0.3 is 0 Å². The summed E-state index contributed by atoms with van der Waals surface area (Å²) in [6.45, 7) is 11.9. The van der Waals surface area contributed by atoms with E-state index in [1.807, 2.05) is 0 Å². The maximum atomic E-state index is 6.17. The van der Waals surface area contributed by atoms with Crippen LogP contribution in [0, 0.1) is 23.2 Å². The number of hydrogen-bond acceptors (Lipinski definition) is 2. The minimum absolute atomic E-state index is 0.433. The standard InChI is InChI=1S/C17H34N2/c1-14(2)16-6-9-19(10-7-16)13-17(12-18)8-4-5-15(3)11-17/h14-16H,4-13,18H2,1-3H3. The molecule has 1 heterocycles. The lowest BCUT2D eigenvalue weighted by molar-refractivity contribution is 0.0618. The van der Waals surface area contributed by atoms with Gasteiger partial charge in [-0.3, -0.25) is 0 Å². The second-order valence-electron chi connectivity index (χ2n) is 7.76. The van der Waals surface area contributed by atoms with Crippen LogP contribution >= 0.6 is 0 Å². The van der Waals surface area contributed by atoms with Crippen molar-refractivity contribution in [2.75, 3.05) is 26.2 Å². The number of nitrogens with two attached hydrogens (primary N) is 1. The molecule has 2 aliphatic rings. The third kappa shape index (κ3) is 3.95. The Morgan fingerprint density at radius 1 is 1.21 bits per heavy atom. The second kappa shape index (κ2) is 6.58. The molecule has 2 fully saturated rings. The van der Waals surface area contributed by atoms with Crippen LogP contribution in [-0.4, -0.2) is 31.1 Å². The van der Waals surface area contributed by atoms with Crippen molar-refractivity contribution in [1.82, 2.24) is 4.90 Å². The average molecular weight is 266 g/mol. The molecule has 0 aromatic carbocycles. The molecule has 1 saturated carbocycles. The van der Waals surface area contributed by atoms with E-state index in [2.05, 4.69) is 25.7 Å². The van der Waals surface area contributed by atoms with E-state index in [4.69, 9.17) is 5.73 Å². The molecule has 19 heavy (non-hydrogen) atoms. The molecule has 112 valence electrons. The predicted molar refractivity (Wildman–Crippen MR) is 83.1 cm³/mol. The fraction of sp³-hybridized carbons (Fsp3) is 1.00. The minimum Gasteiger partial charge on any atom is -0.330 e. The highest BCUT2D eigenvalue weighted by Crippen LogP contribution is 2.40. The first-order valence-electron chi connectivity index (χ1n) is 8.47. The fourth-order valence-corrected chi connectivity index (χ4v) is 4.41. The Kier molecular flexibility index (Phi) is 5.30. The van der Waals surface area contributed by atoms with Gasteiger partial charge in [0, 0.05) is 6.54 Å². The van der Waals surface area contributed by atoms with Crippen molar-refractivity contribution in [1.29, 1.82) is 0 Å². The van der Waals surface area contributed by atoms with E-state index in [-0.39, 0.29) is 0 Å². The molecule has 0 radical (unpaired) electrons. The highest BCUT2D eigenvalue weighted by molar-refractivity contribution is 4.90. The molecule has 1 aliphatic heterocycles. The zero-order valence-electron chi connectivity index (χ0n) is 13.3. The zero-order chi connectivity index (χ0) is 13.9. The molecule has 2 nitrogen and oxygen atoms in total. The van der Waals surface area contributed by atoms with E-state index in [0.717, 1.165) is 24.3 Å². The van der Waals surface area contributed by atoms with Crippen LogP contribution in [0.1, 0.15) is 59.3 Å². The van der Waals surface area contributed by atoms with Crippen molar-refractivity contribution in [3.63, 3.8) is 0 Å². The van der Waals surface area contributed by atoms with Crippen LogP contribution in [0.5, 0.6) is 0 Å². The maximum Gasteiger partial charge on any atom is 0.00502 e. The first kappa shape index (κ1) is 15.3. The van der Waals surface area contributed by atoms with Gasteiger partial charge in [0.15, 0.2) is 0 Å². The molecule has 2 rings (SSSR count). The topological polar surface area (TPSA) is 29.3 Å². The smallest absolute Gasteiger partial charge is 0.00502 e. The van der Waals surface area contributed by atoms with Crippen LogP contribution in [0.4, 0.5) is 0 Å². The Labute approximate surface area is 120 Å². The number of nitrogens with zero attached hydrogens (tertiary/aromatic N) is 1. The first-order chi connectivity index (χ1) is 9.04. The van der Waals surface area contributed by atoms with Crippen LogP contribution in [-0.2, 0) is 0 Å². The molecule has 0 aromatic heterocycles. The molecule has 2 atom stereocenters. The van der Waals surface area contributed by atoms with E-state index in [1.54, 1.807) is 0 Å². The van der Waals surface area contributed by atoms with Crippen molar-refractivity contribution in [2.45, 2.75) is 59.3 Å². The SMILES string of the molecule is CC1CCCC(CN)(CN2CCC(C(C)C)CC2)C1. The molecule has 0 amide bonds. The van der Waals surface area contributed by atoms with Gasteiger partial charge in [-0.2, -0.15) is 0 Å². The summed E-state index contributed by atoms with van der Waals surface area (Å²) in [6, 6.07) is 0. The van der Waals surface area contributed by atoms with Crippen molar-refractivity contribution in [2.24, 2.45) is 28.9 Å². The van der Waals surface area contributed by atoms with E-state index in [0.29, 0.717) is 5.41 Å². The summed E-state index contributed by atoms with van der Waals surface area (Å²) in [5, 5.41) is 0. The summed E-state index contributed by atoms with van der Waals surface area (Å²) >= 11 is 0. The molecule has 2 N–H and O–H groups in total. The molecule has 0 spiro atoms. The van der Waals surface area contributed by atoms with Gasteiger partial charge in [-0.25, -0.2) is 0 Å². The Balaban J connectivity index is 1.86. The highest BCUT2D eigenvalue weighted by atomic mass is 15.1. The van der Waals surface area contributed by atoms with Crippen LogP contribution in [0.2, 0.25) is 0 Å². The third-order valence-electron chi connectivity index (χ3n) is 5.75. The van der Waals surface area contributed by atoms with Crippen LogP contribution in [0.25, 0.3) is 0 Å². The molecule has 1 aliphatic carbocycles. The van der Waals surface area contributed by atoms with Gasteiger partial charge in [0.1, 0.15) is 0 Å². The molecular formula is C17H34N2. The van der Waals surface area contributed by atoms with Gasteiger partial charge < -0.3 is 10.6 Å². The Morgan fingerprint density at radius 2 is 1.89 bits per heavy atom. The molecular weight excluding hydrogens is 232 g/mol. The van der Waals surface area contributed by atoms with E-state index < -0.39 is 0 Å². The molecule has 2 heteroatoms. The lowest BCUT2D eigenvalue weighted by atomic mass is 9.69. The maximum absolute atomic E-state index is 6.17. The van der Waals surface area contributed by atoms with Gasteiger partial charge in [0.2, 0.25) is 0 Å². The van der Waals surface area contributed by atoms with Crippen LogP contribution < -0.4 is 5.73 Å². The van der Waals surface area contributed by atoms with Gasteiger partial charge in [0.05, 0.1) is 0 Å². The lowest BCUT2D eigenvalue weighted by Gasteiger charge is -2.44. The Hall–Kier alpha value is -0.0800. The van der Waals surface area contributed by atoms with E-state index in [1.165, 1.54) is 58.2 Å². The lowest BCUT2D eigenvalue weighted by Crippen LogP contribution is -2.47. The number of hydrogen-bond donors (Lipinski definition) is 1. The molecule has 1 saturated heterocycles. The number of rotatable bonds is 4. The van der Waals surface area contributed by atoms with Gasteiger partial charge in [-0.05, 0) is 68.5 Å². The minimum atomic E-state index is 0.433. The van der Waals surface area contributed by atoms with Gasteiger partial charge in [-0.1, -0.05) is 33.6 Å². The summed E-state index contributed by atoms with van der Waals surface area (Å²) < 4.78 is 0. The van der Waals surface area contributed by atoms with Crippen molar-refractivity contribution in [3.05, 3.63) is 0 Å². The summed E-state index contributed by atoms with van der Waals surface area (Å²) in [6.07, 6.45) is 8.31. The summed E-state index contributed by atoms with van der Waals surface area (Å²) in [5.41, 5.74) is 6.60. The quantitative estimate of drug-likeness (QED) is 0.843. The molecule has 0 aromatic rings. The Bertz CT molecular complexity index is 268. The van der Waals surface area contributed by atoms with Gasteiger partial charge in [0.25, 0.3) is 0 Å². The number of likely N-dealkylation sites (tertiary alicyclic amines) is 1. The van der Waals surface area contributed by atoms with Gasteiger partial charge in [-0.15, -0.1) is 0 Å².